The van der Waals surface area contributed by atoms with Gasteiger partial charge in [0.25, 0.3) is 0 Å². The van der Waals surface area contributed by atoms with Gasteiger partial charge in [-0.05, 0) is 35.9 Å². The molecule has 2 N–H and O–H groups in total. The third-order valence-electron chi connectivity index (χ3n) is 3.11. The summed E-state index contributed by atoms with van der Waals surface area (Å²) in [7, 11) is 0. The minimum absolute atomic E-state index is 0.133. The Labute approximate surface area is 138 Å². The van der Waals surface area contributed by atoms with Crippen molar-refractivity contribution in [2.24, 2.45) is 10.7 Å². The second-order valence-corrected chi connectivity index (χ2v) is 5.39. The van der Waals surface area contributed by atoms with E-state index in [1.165, 1.54) is 18.2 Å². The van der Waals surface area contributed by atoms with E-state index in [4.69, 9.17) is 5.73 Å². The minimum atomic E-state index is -4.72. The molecule has 0 fully saturated rings. The van der Waals surface area contributed by atoms with E-state index in [2.05, 4.69) is 18.5 Å². The van der Waals surface area contributed by atoms with Crippen molar-refractivity contribution in [3.8, 4) is 5.75 Å². The van der Waals surface area contributed by atoms with E-state index in [9.17, 15) is 13.2 Å². The summed E-state index contributed by atoms with van der Waals surface area (Å²) in [5, 5.41) is 0. The summed E-state index contributed by atoms with van der Waals surface area (Å²) < 4.78 is 48.8. The lowest BCUT2D eigenvalue weighted by molar-refractivity contribution is -0.274. The fourth-order valence-electron chi connectivity index (χ4n) is 2.05. The Bertz CT molecular complexity index is 892. The molecule has 1 aromatic heterocycles. The molecule has 24 heavy (non-hydrogen) atoms. The fourth-order valence-corrected chi connectivity index (χ4v) is 2.57. The second-order valence-electron chi connectivity index (χ2n) is 4.86. The van der Waals surface area contributed by atoms with Crippen LogP contribution in [0, 0.1) is 0 Å². The van der Waals surface area contributed by atoms with E-state index in [0.717, 1.165) is 22.8 Å². The maximum atomic E-state index is 12.2. The Morgan fingerprint density at radius 3 is 2.71 bits per heavy atom. The smallest absolute Gasteiger partial charge is 0.406 e. The first-order valence-electron chi connectivity index (χ1n) is 6.78. The van der Waals surface area contributed by atoms with Crippen LogP contribution < -0.4 is 10.5 Å². The van der Waals surface area contributed by atoms with Gasteiger partial charge in [0, 0.05) is 5.56 Å². The molecule has 1 heterocycles. The first-order valence-corrected chi connectivity index (χ1v) is 7.51. The van der Waals surface area contributed by atoms with Crippen LogP contribution in [0.4, 0.5) is 13.2 Å². The van der Waals surface area contributed by atoms with Gasteiger partial charge in [-0.3, -0.25) is 4.99 Å². The zero-order valence-electron chi connectivity index (χ0n) is 12.1. The number of benzene rings is 2. The standard InChI is InChI=1S/C15H11F3N4OS/c16-15(17,18)23-11-3-1-2-9(6-11)8-20-14(19)10-4-5-12-13(7-10)22-24-21-12/h1-7H,8H2,(H2,19,20). The van der Waals surface area contributed by atoms with Gasteiger partial charge in [-0.1, -0.05) is 12.1 Å². The van der Waals surface area contributed by atoms with Gasteiger partial charge in [0.1, 0.15) is 22.6 Å². The molecule has 3 aromatic rings. The molecular formula is C15H11F3N4OS. The number of hydrogen-bond donors (Lipinski definition) is 1. The van der Waals surface area contributed by atoms with Crippen molar-refractivity contribution in [3.05, 3.63) is 53.6 Å². The summed E-state index contributed by atoms with van der Waals surface area (Å²) in [5.74, 6) is -0.0178. The molecule has 0 atom stereocenters. The molecule has 0 amide bonds. The molecule has 124 valence electrons. The number of aliphatic imine (C=N–C) groups is 1. The Kier molecular flexibility index (Phi) is 4.34. The van der Waals surface area contributed by atoms with Gasteiger partial charge in [-0.25, -0.2) is 0 Å². The molecule has 0 radical (unpaired) electrons. The molecule has 0 saturated carbocycles. The van der Waals surface area contributed by atoms with Crippen molar-refractivity contribution >= 4 is 28.6 Å². The molecular weight excluding hydrogens is 341 g/mol. The Morgan fingerprint density at radius 1 is 1.12 bits per heavy atom. The van der Waals surface area contributed by atoms with Gasteiger partial charge < -0.3 is 10.5 Å². The number of ether oxygens (including phenoxy) is 1. The fraction of sp³-hybridized carbons (Fsp3) is 0.133. The molecule has 0 bridgehead atoms. The van der Waals surface area contributed by atoms with Crippen LogP contribution in [0.3, 0.4) is 0 Å². The highest BCUT2D eigenvalue weighted by Gasteiger charge is 2.31. The van der Waals surface area contributed by atoms with E-state index in [0.29, 0.717) is 11.1 Å². The van der Waals surface area contributed by atoms with Crippen LogP contribution in [0.25, 0.3) is 11.0 Å². The molecule has 9 heteroatoms. The predicted octanol–water partition coefficient (Wildman–Crippen LogP) is 3.50. The second kappa shape index (κ2) is 6.44. The van der Waals surface area contributed by atoms with E-state index in [1.54, 1.807) is 24.3 Å². The topological polar surface area (TPSA) is 73.4 Å². The van der Waals surface area contributed by atoms with Crippen molar-refractivity contribution in [3.63, 3.8) is 0 Å². The number of amidine groups is 1. The first kappa shape index (κ1) is 16.2. The summed E-state index contributed by atoms with van der Waals surface area (Å²) in [6, 6.07) is 10.9. The minimum Gasteiger partial charge on any atom is -0.406 e. The van der Waals surface area contributed by atoms with Crippen LogP contribution in [0.5, 0.6) is 5.75 Å². The number of alkyl halides is 3. The van der Waals surface area contributed by atoms with Gasteiger partial charge in [-0.2, -0.15) is 8.75 Å². The summed E-state index contributed by atoms with van der Waals surface area (Å²) in [6.07, 6.45) is -4.72. The first-order chi connectivity index (χ1) is 11.4. The monoisotopic (exact) mass is 352 g/mol. The maximum absolute atomic E-state index is 12.2. The normalized spacial score (nSPS) is 12.5. The summed E-state index contributed by atoms with van der Waals surface area (Å²) in [5.41, 5.74) is 8.66. The van der Waals surface area contributed by atoms with Crippen molar-refractivity contribution in [1.82, 2.24) is 8.75 Å². The molecule has 5 nitrogen and oxygen atoms in total. The van der Waals surface area contributed by atoms with Crippen molar-refractivity contribution in [2.45, 2.75) is 12.9 Å². The summed E-state index contributed by atoms with van der Waals surface area (Å²) in [6.45, 7) is 0.133. The maximum Gasteiger partial charge on any atom is 0.573 e. The van der Waals surface area contributed by atoms with Gasteiger partial charge in [-0.15, -0.1) is 13.2 Å². The lowest BCUT2D eigenvalue weighted by atomic mass is 10.2. The zero-order chi connectivity index (χ0) is 17.2. The molecule has 0 unspecified atom stereocenters. The Balaban J connectivity index is 1.75. The van der Waals surface area contributed by atoms with Gasteiger partial charge in [0.05, 0.1) is 18.3 Å². The van der Waals surface area contributed by atoms with Gasteiger partial charge >= 0.3 is 6.36 Å². The summed E-state index contributed by atoms with van der Waals surface area (Å²) in [4.78, 5) is 4.21. The van der Waals surface area contributed by atoms with Gasteiger partial charge in [0.15, 0.2) is 0 Å². The Hall–Kier alpha value is -2.68. The number of nitrogens with two attached hydrogens (primary N) is 1. The van der Waals surface area contributed by atoms with Crippen molar-refractivity contribution in [1.29, 1.82) is 0 Å². The number of aromatic nitrogens is 2. The van der Waals surface area contributed by atoms with Crippen LogP contribution in [0.15, 0.2) is 47.5 Å². The van der Waals surface area contributed by atoms with Crippen molar-refractivity contribution < 1.29 is 17.9 Å². The average Bonchev–Trinajstić information content (AvgIpc) is 2.99. The highest BCUT2D eigenvalue weighted by molar-refractivity contribution is 7.00. The molecule has 0 saturated heterocycles. The highest BCUT2D eigenvalue weighted by atomic mass is 32.1. The third-order valence-corrected chi connectivity index (χ3v) is 3.67. The Morgan fingerprint density at radius 2 is 1.92 bits per heavy atom. The molecule has 0 aliphatic carbocycles. The van der Waals surface area contributed by atoms with Crippen LogP contribution >= 0.6 is 11.7 Å². The number of halogens is 3. The van der Waals surface area contributed by atoms with Crippen LogP contribution in [0.2, 0.25) is 0 Å². The average molecular weight is 352 g/mol. The number of fused-ring (bicyclic) bond motifs is 1. The lowest BCUT2D eigenvalue weighted by Gasteiger charge is -2.09. The number of rotatable bonds is 4. The number of hydrogen-bond acceptors (Lipinski definition) is 5. The van der Waals surface area contributed by atoms with E-state index in [1.807, 2.05) is 0 Å². The van der Waals surface area contributed by atoms with Crippen LogP contribution in [-0.4, -0.2) is 20.9 Å². The van der Waals surface area contributed by atoms with Gasteiger partial charge in [0.2, 0.25) is 0 Å². The summed E-state index contributed by atoms with van der Waals surface area (Å²) >= 11 is 1.10. The predicted molar refractivity (Wildman–Crippen MR) is 85.0 cm³/mol. The molecule has 0 spiro atoms. The number of nitrogens with zero attached hydrogens (tertiary/aromatic N) is 3. The third kappa shape index (κ3) is 3.99. The molecule has 2 aromatic carbocycles. The van der Waals surface area contributed by atoms with Crippen LogP contribution in [0.1, 0.15) is 11.1 Å². The van der Waals surface area contributed by atoms with E-state index < -0.39 is 6.36 Å². The van der Waals surface area contributed by atoms with Crippen LogP contribution in [-0.2, 0) is 6.54 Å². The van der Waals surface area contributed by atoms with Crippen molar-refractivity contribution in [2.75, 3.05) is 0 Å². The lowest BCUT2D eigenvalue weighted by Crippen LogP contribution is -2.17. The largest absolute Gasteiger partial charge is 0.573 e. The van der Waals surface area contributed by atoms with E-state index >= 15 is 0 Å². The zero-order valence-corrected chi connectivity index (χ0v) is 12.9. The molecule has 0 aliphatic rings. The van der Waals surface area contributed by atoms with E-state index in [-0.39, 0.29) is 18.1 Å². The molecule has 0 aliphatic heterocycles. The quantitative estimate of drug-likeness (QED) is 0.576. The molecule has 3 rings (SSSR count). The SMILES string of the molecule is NC(=NCc1cccc(OC(F)(F)F)c1)c1ccc2nsnc2c1. The highest BCUT2D eigenvalue weighted by Crippen LogP contribution is 2.23.